The van der Waals surface area contributed by atoms with E-state index in [9.17, 15) is 0 Å². The molecule has 3 aliphatic rings. The highest BCUT2D eigenvalue weighted by Gasteiger charge is 2.59. The zero-order chi connectivity index (χ0) is 16.4. The van der Waals surface area contributed by atoms with Gasteiger partial charge in [0, 0.05) is 6.20 Å². The molecule has 0 unspecified atom stereocenters. The van der Waals surface area contributed by atoms with Gasteiger partial charge in [0.1, 0.15) is 24.4 Å². The number of fused-ring (bicyclic) bond motifs is 1. The molecule has 23 heavy (non-hydrogen) atoms. The first-order chi connectivity index (χ1) is 10.7. The highest BCUT2D eigenvalue weighted by Crippen LogP contribution is 2.45. The molecule has 8 heteroatoms. The van der Waals surface area contributed by atoms with E-state index in [4.69, 9.17) is 23.7 Å². The topological polar surface area (TPSA) is 64.0 Å². The van der Waals surface area contributed by atoms with E-state index in [1.54, 1.807) is 0 Å². The quantitative estimate of drug-likeness (QED) is 0.662. The van der Waals surface area contributed by atoms with Crippen LogP contribution in [-0.2, 0) is 23.7 Å². The first kappa shape index (κ1) is 16.2. The third-order valence-electron chi connectivity index (χ3n) is 4.32. The van der Waals surface area contributed by atoms with Gasteiger partial charge in [0.25, 0.3) is 0 Å². The summed E-state index contributed by atoms with van der Waals surface area (Å²) in [7, 11) is 0. The van der Waals surface area contributed by atoms with E-state index < -0.39 is 17.9 Å². The Hall–Kier alpha value is -0.260. The van der Waals surface area contributed by atoms with Crippen molar-refractivity contribution in [2.75, 3.05) is 6.61 Å². The molecule has 7 nitrogen and oxygen atoms in total. The molecular weight excluding hydrogens is 415 g/mol. The van der Waals surface area contributed by atoms with Crippen LogP contribution < -0.4 is 0 Å². The molecule has 4 heterocycles. The van der Waals surface area contributed by atoms with E-state index in [1.165, 1.54) is 0 Å². The van der Waals surface area contributed by atoms with Crippen LogP contribution in [0.15, 0.2) is 12.4 Å². The summed E-state index contributed by atoms with van der Waals surface area (Å²) in [6, 6.07) is -0.118. The second kappa shape index (κ2) is 5.37. The van der Waals surface area contributed by atoms with Crippen LogP contribution in [0, 0.1) is 3.57 Å². The van der Waals surface area contributed by atoms with Crippen molar-refractivity contribution in [3.8, 4) is 0 Å². The Morgan fingerprint density at radius 2 is 1.91 bits per heavy atom. The Morgan fingerprint density at radius 1 is 1.13 bits per heavy atom. The van der Waals surface area contributed by atoms with Gasteiger partial charge in [0.15, 0.2) is 17.9 Å². The van der Waals surface area contributed by atoms with Gasteiger partial charge in [0.05, 0.1) is 16.4 Å². The van der Waals surface area contributed by atoms with Crippen LogP contribution in [0.3, 0.4) is 0 Å². The van der Waals surface area contributed by atoms with Gasteiger partial charge in [-0.15, -0.1) is 0 Å². The van der Waals surface area contributed by atoms with Gasteiger partial charge in [-0.1, -0.05) is 0 Å². The number of hydrogen-bond acceptors (Lipinski definition) is 6. The summed E-state index contributed by atoms with van der Waals surface area (Å²) in [4.78, 5) is 0. The summed E-state index contributed by atoms with van der Waals surface area (Å²) >= 11 is 2.24. The molecule has 0 radical (unpaired) electrons. The smallest absolute Gasteiger partial charge is 0.189 e. The summed E-state index contributed by atoms with van der Waals surface area (Å²) in [6.45, 7) is 8.09. The highest BCUT2D eigenvalue weighted by atomic mass is 127. The molecule has 0 saturated carbocycles. The highest BCUT2D eigenvalue weighted by molar-refractivity contribution is 14.1. The zero-order valence-corrected chi connectivity index (χ0v) is 15.7. The molecule has 1 aromatic rings. The minimum Gasteiger partial charge on any atom is -0.348 e. The summed E-state index contributed by atoms with van der Waals surface area (Å²) in [5.41, 5.74) is 0. The Balaban J connectivity index is 1.64. The molecule has 0 amide bonds. The largest absolute Gasteiger partial charge is 0.348 e. The van der Waals surface area contributed by atoms with Crippen LogP contribution in [-0.4, -0.2) is 52.6 Å². The van der Waals surface area contributed by atoms with Gasteiger partial charge in [-0.05, 0) is 50.3 Å². The molecule has 0 aromatic carbocycles. The molecule has 3 saturated heterocycles. The molecule has 0 bridgehead atoms. The normalized spacial score (nSPS) is 41.3. The van der Waals surface area contributed by atoms with Crippen LogP contribution >= 0.6 is 22.6 Å². The number of ether oxygens (including phenoxy) is 5. The van der Waals surface area contributed by atoms with Crippen molar-refractivity contribution in [2.24, 2.45) is 0 Å². The van der Waals surface area contributed by atoms with Crippen molar-refractivity contribution >= 4 is 22.6 Å². The second-order valence-electron chi connectivity index (χ2n) is 7.07. The molecule has 0 N–H and O–H groups in total. The van der Waals surface area contributed by atoms with E-state index in [1.807, 2.05) is 44.8 Å². The number of aromatic nitrogens is 2. The lowest BCUT2D eigenvalue weighted by Gasteiger charge is -2.29. The van der Waals surface area contributed by atoms with E-state index in [-0.39, 0.29) is 24.4 Å². The van der Waals surface area contributed by atoms with Crippen LogP contribution in [0.5, 0.6) is 0 Å². The number of nitrogens with zero attached hydrogens (tertiary/aromatic N) is 2. The molecule has 1 aromatic heterocycles. The Morgan fingerprint density at radius 3 is 2.52 bits per heavy atom. The molecule has 3 fully saturated rings. The molecular formula is C15H21IN2O5. The van der Waals surface area contributed by atoms with Crippen LogP contribution in [0.25, 0.3) is 0 Å². The van der Waals surface area contributed by atoms with E-state index in [0.717, 1.165) is 3.57 Å². The lowest BCUT2D eigenvalue weighted by molar-refractivity contribution is -0.226. The summed E-state index contributed by atoms with van der Waals surface area (Å²) in [6.07, 6.45) is 2.74. The molecule has 0 spiro atoms. The first-order valence-corrected chi connectivity index (χ1v) is 8.84. The average Bonchev–Trinajstić information content (AvgIpc) is 3.12. The van der Waals surface area contributed by atoms with Gasteiger partial charge in [-0.3, -0.25) is 4.68 Å². The molecule has 4 rings (SSSR count). The second-order valence-corrected chi connectivity index (χ2v) is 8.31. The van der Waals surface area contributed by atoms with Crippen molar-refractivity contribution in [3.05, 3.63) is 16.0 Å². The van der Waals surface area contributed by atoms with Gasteiger partial charge in [-0.25, -0.2) is 0 Å². The lowest BCUT2D eigenvalue weighted by Crippen LogP contribution is -2.40. The Kier molecular flexibility index (Phi) is 3.79. The molecule has 128 valence electrons. The van der Waals surface area contributed by atoms with Crippen LogP contribution in [0.1, 0.15) is 33.7 Å². The van der Waals surface area contributed by atoms with Crippen molar-refractivity contribution in [3.63, 3.8) is 0 Å². The predicted octanol–water partition coefficient (Wildman–Crippen LogP) is 2.06. The fourth-order valence-electron chi connectivity index (χ4n) is 3.48. The SMILES string of the molecule is CC1(C)O[C@H]2O[C@@H]([C@H]3COC(C)(C)O3)[C@H](n3cc(I)cn3)[C@H]2O1. The maximum Gasteiger partial charge on any atom is 0.189 e. The summed E-state index contributed by atoms with van der Waals surface area (Å²) in [5, 5.41) is 4.46. The van der Waals surface area contributed by atoms with Crippen molar-refractivity contribution < 1.29 is 23.7 Å². The predicted molar refractivity (Wildman–Crippen MR) is 87.6 cm³/mol. The third kappa shape index (κ3) is 2.93. The Bertz CT molecular complexity index is 604. The van der Waals surface area contributed by atoms with Crippen molar-refractivity contribution in [2.45, 2.75) is 69.9 Å². The maximum absolute atomic E-state index is 6.16. The van der Waals surface area contributed by atoms with Gasteiger partial charge in [-0.2, -0.15) is 5.10 Å². The zero-order valence-electron chi connectivity index (χ0n) is 13.6. The molecule has 0 aliphatic carbocycles. The minimum atomic E-state index is -0.662. The third-order valence-corrected chi connectivity index (χ3v) is 4.88. The summed E-state index contributed by atoms with van der Waals surface area (Å²) < 4.78 is 32.8. The Labute approximate surface area is 148 Å². The van der Waals surface area contributed by atoms with Crippen molar-refractivity contribution in [1.29, 1.82) is 0 Å². The summed E-state index contributed by atoms with van der Waals surface area (Å²) in [5.74, 6) is -1.26. The lowest BCUT2D eigenvalue weighted by atomic mass is 10.0. The first-order valence-electron chi connectivity index (χ1n) is 7.77. The van der Waals surface area contributed by atoms with Gasteiger partial charge >= 0.3 is 0 Å². The van der Waals surface area contributed by atoms with Crippen LogP contribution in [0.4, 0.5) is 0 Å². The fraction of sp³-hybridized carbons (Fsp3) is 0.800. The maximum atomic E-state index is 6.16. The average molecular weight is 436 g/mol. The standard InChI is InChI=1S/C15H21IN2O5/c1-14(2)19-7-9(21-14)11-10(18-6-8(16)5-17-18)12-13(20-11)23-15(3,4)22-12/h5-6,9-13H,7H2,1-4H3/t9-,10+,11+,12-,13-/m1/s1. The number of hydrogen-bond donors (Lipinski definition) is 0. The number of halogens is 1. The molecule has 3 aliphatic heterocycles. The van der Waals surface area contributed by atoms with Gasteiger partial charge < -0.3 is 23.7 Å². The fourth-order valence-corrected chi connectivity index (χ4v) is 3.89. The van der Waals surface area contributed by atoms with Crippen LogP contribution in [0.2, 0.25) is 0 Å². The van der Waals surface area contributed by atoms with Crippen molar-refractivity contribution in [1.82, 2.24) is 9.78 Å². The van der Waals surface area contributed by atoms with E-state index in [2.05, 4.69) is 27.7 Å². The minimum absolute atomic E-state index is 0.118. The van der Waals surface area contributed by atoms with E-state index in [0.29, 0.717) is 6.61 Å². The molecule has 5 atom stereocenters. The van der Waals surface area contributed by atoms with Gasteiger partial charge in [0.2, 0.25) is 0 Å². The van der Waals surface area contributed by atoms with E-state index >= 15 is 0 Å². The monoisotopic (exact) mass is 436 g/mol. The number of rotatable bonds is 2.